The van der Waals surface area contributed by atoms with Gasteiger partial charge in [0.1, 0.15) is 0 Å². The first kappa shape index (κ1) is 32.6. The van der Waals surface area contributed by atoms with E-state index in [0.29, 0.717) is 35.5 Å². The van der Waals surface area contributed by atoms with Crippen LogP contribution in [0.5, 0.6) is 0 Å². The maximum Gasteiger partial charge on any atom is 0.467 e. The smallest absolute Gasteiger partial charge is 0.445 e. The van der Waals surface area contributed by atoms with Gasteiger partial charge in [-0.2, -0.15) is 0 Å². The Kier molecular flexibility index (Phi) is 10.6. The van der Waals surface area contributed by atoms with Crippen LogP contribution in [0.4, 0.5) is 0 Å². The first-order chi connectivity index (χ1) is 19.7. The third-order valence-corrected chi connectivity index (χ3v) is 8.56. The van der Waals surface area contributed by atoms with E-state index in [-0.39, 0.29) is 0 Å². The molecule has 0 radical (unpaired) electrons. The highest BCUT2D eigenvalue weighted by molar-refractivity contribution is 6.87. The Hall–Kier alpha value is -2.27. The van der Waals surface area contributed by atoms with E-state index >= 15 is 0 Å². The molecule has 0 saturated carbocycles. The second-order valence-electron chi connectivity index (χ2n) is 14.1. The second-order valence-corrected chi connectivity index (χ2v) is 14.1. The molecule has 3 aromatic rings. The van der Waals surface area contributed by atoms with Gasteiger partial charge in [-0.25, -0.2) is 0 Å². The Morgan fingerprint density at radius 2 is 0.476 bits per heavy atom. The van der Waals surface area contributed by atoms with E-state index in [4.69, 9.17) is 13.7 Å². The summed E-state index contributed by atoms with van der Waals surface area (Å²) in [6.45, 7) is 27.0. The van der Waals surface area contributed by atoms with Crippen molar-refractivity contribution < 1.29 is 13.7 Å². The molecular formula is C36H51B3O3. The minimum absolute atomic E-state index is 0.404. The van der Waals surface area contributed by atoms with Gasteiger partial charge in [0, 0.05) is 0 Å². The second kappa shape index (κ2) is 13.6. The molecule has 0 unspecified atom stereocenters. The van der Waals surface area contributed by atoms with Gasteiger partial charge in [0.25, 0.3) is 0 Å². The van der Waals surface area contributed by atoms with Crippen LogP contribution >= 0.6 is 0 Å². The predicted octanol–water partition coefficient (Wildman–Crippen LogP) is 7.98. The van der Waals surface area contributed by atoms with Crippen LogP contribution in [-0.2, 0) is 13.7 Å². The summed E-state index contributed by atoms with van der Waals surface area (Å²) >= 11 is 0. The van der Waals surface area contributed by atoms with E-state index < -0.39 is 21.4 Å². The summed E-state index contributed by atoms with van der Waals surface area (Å²) < 4.78 is 20.3. The van der Waals surface area contributed by atoms with Crippen molar-refractivity contribution in [2.75, 3.05) is 0 Å². The molecule has 222 valence electrons. The summed E-state index contributed by atoms with van der Waals surface area (Å²) in [5.74, 6) is 2.43. The van der Waals surface area contributed by atoms with E-state index in [1.807, 2.05) is 0 Å². The van der Waals surface area contributed by atoms with Gasteiger partial charge in [-0.15, -0.1) is 0 Å². The monoisotopic (exact) mass is 564 g/mol. The van der Waals surface area contributed by atoms with Crippen LogP contribution in [0.3, 0.4) is 0 Å². The van der Waals surface area contributed by atoms with Crippen LogP contribution in [-0.4, -0.2) is 21.4 Å². The molecule has 42 heavy (non-hydrogen) atoms. The Morgan fingerprint density at radius 3 is 0.619 bits per heavy atom. The van der Waals surface area contributed by atoms with Crippen molar-refractivity contribution in [2.24, 2.45) is 0 Å². The van der Waals surface area contributed by atoms with E-state index in [1.54, 1.807) is 0 Å². The van der Waals surface area contributed by atoms with Crippen LogP contribution < -0.4 is 16.4 Å². The fourth-order valence-electron chi connectivity index (χ4n) is 5.42. The van der Waals surface area contributed by atoms with Crippen molar-refractivity contribution >= 4 is 37.7 Å². The normalized spacial score (nSPS) is 14.6. The zero-order valence-electron chi connectivity index (χ0n) is 28.1. The van der Waals surface area contributed by atoms with E-state index in [9.17, 15) is 0 Å². The van der Waals surface area contributed by atoms with Crippen molar-refractivity contribution in [3.8, 4) is 0 Å². The highest BCUT2D eigenvalue weighted by Crippen LogP contribution is 2.25. The fraction of sp³-hybridized carbons (Fsp3) is 0.500. The molecule has 3 nitrogen and oxygen atoms in total. The van der Waals surface area contributed by atoms with Gasteiger partial charge >= 0.3 is 21.4 Å². The summed E-state index contributed by atoms with van der Waals surface area (Å²) in [4.78, 5) is 0. The van der Waals surface area contributed by atoms with Crippen molar-refractivity contribution in [3.63, 3.8) is 0 Å². The van der Waals surface area contributed by atoms with E-state index in [2.05, 4.69) is 138 Å². The lowest BCUT2D eigenvalue weighted by Gasteiger charge is -2.33. The average Bonchev–Trinajstić information content (AvgIpc) is 2.95. The summed E-state index contributed by atoms with van der Waals surface area (Å²) in [5.41, 5.74) is 11.0. The van der Waals surface area contributed by atoms with Crippen molar-refractivity contribution in [1.82, 2.24) is 0 Å². The molecule has 1 heterocycles. The number of hydrogen-bond donors (Lipinski definition) is 0. The van der Waals surface area contributed by atoms with Gasteiger partial charge in [-0.1, -0.05) is 138 Å². The summed E-state index contributed by atoms with van der Waals surface area (Å²) in [6.07, 6.45) is 0. The molecule has 0 aliphatic carbocycles. The molecule has 4 rings (SSSR count). The van der Waals surface area contributed by atoms with Gasteiger partial charge in [0.2, 0.25) is 0 Å². The molecular weight excluding hydrogens is 513 g/mol. The minimum atomic E-state index is -0.555. The van der Waals surface area contributed by atoms with Crippen LogP contribution in [0.2, 0.25) is 0 Å². The standard InChI is InChI=1S/C36H51B3O3/c1-22(2)28-13-29(23(3)4)17-34(16-28)37-40-38(35-18-30(24(5)6)14-31(19-35)25(7)8)42-39(41-37)36-20-32(26(9)10)15-33(21-36)27(11)12/h13-27H,1-12H3. The Balaban J connectivity index is 1.87. The topological polar surface area (TPSA) is 27.7 Å². The lowest BCUT2D eigenvalue weighted by Crippen LogP contribution is -2.61. The molecule has 0 bridgehead atoms. The zero-order chi connectivity index (χ0) is 30.9. The van der Waals surface area contributed by atoms with Crippen molar-refractivity contribution in [2.45, 2.75) is 119 Å². The van der Waals surface area contributed by atoms with Gasteiger partial charge in [-0.05, 0) is 85.3 Å². The maximum atomic E-state index is 6.76. The van der Waals surface area contributed by atoms with E-state index in [1.165, 1.54) is 33.4 Å². The fourth-order valence-corrected chi connectivity index (χ4v) is 5.42. The molecule has 1 aliphatic rings. The summed E-state index contributed by atoms with van der Waals surface area (Å²) in [6, 6.07) is 20.5. The maximum absolute atomic E-state index is 6.76. The number of benzene rings is 3. The van der Waals surface area contributed by atoms with Crippen LogP contribution in [0.1, 0.15) is 152 Å². The van der Waals surface area contributed by atoms with Gasteiger partial charge in [-0.3, -0.25) is 0 Å². The van der Waals surface area contributed by atoms with Crippen LogP contribution in [0, 0.1) is 0 Å². The SMILES string of the molecule is CC(C)c1cc(B2OB(c3cc(C(C)C)cc(C(C)C)c3)OB(c3cc(C(C)C)cc(C(C)C)c3)O2)cc(C(C)C)c1. The van der Waals surface area contributed by atoms with Crippen LogP contribution in [0.15, 0.2) is 54.6 Å². The van der Waals surface area contributed by atoms with Crippen molar-refractivity contribution in [1.29, 1.82) is 0 Å². The quantitative estimate of drug-likeness (QED) is 0.247. The highest BCUT2D eigenvalue weighted by atomic mass is 16.7. The number of hydrogen-bond acceptors (Lipinski definition) is 3. The molecule has 0 N–H and O–H groups in total. The largest absolute Gasteiger partial charge is 0.467 e. The molecule has 1 aliphatic heterocycles. The Labute approximate surface area is 257 Å². The summed E-state index contributed by atoms with van der Waals surface area (Å²) in [5, 5.41) is 0. The number of rotatable bonds is 9. The highest BCUT2D eigenvalue weighted by Gasteiger charge is 2.44. The molecule has 3 aromatic carbocycles. The van der Waals surface area contributed by atoms with Gasteiger partial charge in [0.05, 0.1) is 0 Å². The minimum Gasteiger partial charge on any atom is -0.445 e. The average molecular weight is 564 g/mol. The van der Waals surface area contributed by atoms with Crippen LogP contribution in [0.25, 0.3) is 0 Å². The lowest BCUT2D eigenvalue weighted by atomic mass is 9.60. The summed E-state index contributed by atoms with van der Waals surface area (Å²) in [7, 11) is -1.67. The lowest BCUT2D eigenvalue weighted by molar-refractivity contribution is 0.308. The molecule has 1 fully saturated rings. The van der Waals surface area contributed by atoms with Gasteiger partial charge in [0.15, 0.2) is 0 Å². The Bertz CT molecular complexity index is 1110. The molecule has 1 saturated heterocycles. The van der Waals surface area contributed by atoms with Gasteiger partial charge < -0.3 is 13.7 Å². The molecule has 0 aromatic heterocycles. The zero-order valence-corrected chi connectivity index (χ0v) is 28.1. The first-order valence-corrected chi connectivity index (χ1v) is 16.1. The molecule has 0 amide bonds. The third-order valence-electron chi connectivity index (χ3n) is 8.56. The first-order valence-electron chi connectivity index (χ1n) is 16.1. The molecule has 0 spiro atoms. The Morgan fingerprint density at radius 1 is 0.310 bits per heavy atom. The molecule has 6 heteroatoms. The van der Waals surface area contributed by atoms with E-state index in [0.717, 1.165) is 16.4 Å². The van der Waals surface area contributed by atoms with Crippen molar-refractivity contribution in [3.05, 3.63) is 88.0 Å². The molecule has 0 atom stereocenters. The third kappa shape index (κ3) is 7.62. The predicted molar refractivity (Wildman–Crippen MR) is 183 cm³/mol.